The molecule has 0 aliphatic heterocycles. The van der Waals surface area contributed by atoms with E-state index < -0.39 is 0 Å². The second-order valence-electron chi connectivity index (χ2n) is 7.11. The topological polar surface area (TPSA) is 70.2 Å². The minimum absolute atomic E-state index is 0.285. The van der Waals surface area contributed by atoms with Crippen molar-refractivity contribution in [2.24, 2.45) is 5.92 Å². The van der Waals surface area contributed by atoms with Gasteiger partial charge < -0.3 is 20.1 Å². The number of aromatic nitrogens is 2. The van der Waals surface area contributed by atoms with E-state index in [9.17, 15) is 0 Å². The fraction of sp³-hybridized carbons (Fsp3) is 0.650. The standard InChI is InChI=1S/C20H31N3O2/c24-13-6-2-5-12-21-14-19-22-17-10-7-11-18(20(17)23-19)25-15-16-8-3-1-4-9-16/h7,10-11,16,21,24H,1-6,8-9,12-15H2,(H,22,23). The van der Waals surface area contributed by atoms with Crippen LogP contribution in [0.5, 0.6) is 5.75 Å². The van der Waals surface area contributed by atoms with Gasteiger partial charge in [0, 0.05) is 6.61 Å². The van der Waals surface area contributed by atoms with Crippen LogP contribution in [0, 0.1) is 5.92 Å². The molecule has 0 unspecified atom stereocenters. The molecule has 0 radical (unpaired) electrons. The summed E-state index contributed by atoms with van der Waals surface area (Å²) < 4.78 is 6.12. The normalized spacial score (nSPS) is 15.7. The Kier molecular flexibility index (Phi) is 7.12. The molecule has 138 valence electrons. The van der Waals surface area contributed by atoms with Crippen LogP contribution in [0.15, 0.2) is 18.2 Å². The van der Waals surface area contributed by atoms with Crippen molar-refractivity contribution >= 4 is 11.0 Å². The van der Waals surface area contributed by atoms with Gasteiger partial charge >= 0.3 is 0 Å². The number of imidazole rings is 1. The molecule has 1 heterocycles. The molecule has 5 nitrogen and oxygen atoms in total. The molecule has 0 bridgehead atoms. The van der Waals surface area contributed by atoms with Crippen LogP contribution in [0.25, 0.3) is 11.0 Å². The summed E-state index contributed by atoms with van der Waals surface area (Å²) in [4.78, 5) is 8.11. The SMILES string of the molecule is OCCCCCNCc1nc2c(OCC3CCCCC3)cccc2[nH]1. The van der Waals surface area contributed by atoms with Crippen molar-refractivity contribution in [3.63, 3.8) is 0 Å². The monoisotopic (exact) mass is 345 g/mol. The van der Waals surface area contributed by atoms with Gasteiger partial charge in [-0.15, -0.1) is 0 Å². The maximum absolute atomic E-state index is 8.79. The molecule has 5 heteroatoms. The van der Waals surface area contributed by atoms with Gasteiger partial charge in [-0.3, -0.25) is 0 Å². The quantitative estimate of drug-likeness (QED) is 0.573. The first kappa shape index (κ1) is 18.2. The molecule has 0 amide bonds. The first-order valence-electron chi connectivity index (χ1n) is 9.79. The van der Waals surface area contributed by atoms with Crippen LogP contribution in [0.2, 0.25) is 0 Å². The Labute approximate surface area is 150 Å². The lowest BCUT2D eigenvalue weighted by molar-refractivity contribution is 0.210. The van der Waals surface area contributed by atoms with Crippen molar-refractivity contribution in [2.75, 3.05) is 19.8 Å². The summed E-state index contributed by atoms with van der Waals surface area (Å²) in [5.74, 6) is 2.54. The largest absolute Gasteiger partial charge is 0.491 e. The third kappa shape index (κ3) is 5.44. The Bertz CT molecular complexity index is 635. The van der Waals surface area contributed by atoms with Crippen LogP contribution in [-0.4, -0.2) is 34.8 Å². The molecule has 1 aromatic carbocycles. The number of rotatable bonds is 10. The maximum atomic E-state index is 8.79. The number of nitrogens with one attached hydrogen (secondary N) is 2. The third-order valence-electron chi connectivity index (χ3n) is 5.03. The number of para-hydroxylation sites is 1. The summed E-state index contributed by atoms with van der Waals surface area (Å²) in [5, 5.41) is 12.2. The second kappa shape index (κ2) is 9.78. The Morgan fingerprint density at radius 1 is 1.16 bits per heavy atom. The van der Waals surface area contributed by atoms with Gasteiger partial charge in [0.1, 0.15) is 17.1 Å². The molecule has 0 spiro atoms. The van der Waals surface area contributed by atoms with Gasteiger partial charge in [-0.25, -0.2) is 4.98 Å². The Morgan fingerprint density at radius 2 is 2.04 bits per heavy atom. The number of aliphatic hydroxyl groups is 1. The van der Waals surface area contributed by atoms with Gasteiger partial charge in [0.25, 0.3) is 0 Å². The van der Waals surface area contributed by atoms with E-state index in [-0.39, 0.29) is 6.61 Å². The summed E-state index contributed by atoms with van der Waals surface area (Å²) in [7, 11) is 0. The van der Waals surface area contributed by atoms with Gasteiger partial charge in [-0.1, -0.05) is 25.3 Å². The fourth-order valence-corrected chi connectivity index (χ4v) is 3.56. The Morgan fingerprint density at radius 3 is 2.88 bits per heavy atom. The summed E-state index contributed by atoms with van der Waals surface area (Å²) in [5.41, 5.74) is 1.98. The van der Waals surface area contributed by atoms with Crippen LogP contribution < -0.4 is 10.1 Å². The molecular weight excluding hydrogens is 314 g/mol. The molecule has 3 N–H and O–H groups in total. The predicted molar refractivity (Wildman–Crippen MR) is 101 cm³/mol. The molecule has 3 rings (SSSR count). The average molecular weight is 345 g/mol. The summed E-state index contributed by atoms with van der Waals surface area (Å²) in [6, 6.07) is 6.11. The van der Waals surface area contributed by atoms with Crippen molar-refractivity contribution in [1.29, 1.82) is 0 Å². The number of nitrogens with zero attached hydrogens (tertiary/aromatic N) is 1. The van der Waals surface area contributed by atoms with E-state index in [4.69, 9.17) is 14.8 Å². The van der Waals surface area contributed by atoms with Crippen LogP contribution >= 0.6 is 0 Å². The van der Waals surface area contributed by atoms with E-state index in [1.54, 1.807) is 0 Å². The third-order valence-corrected chi connectivity index (χ3v) is 5.03. The van der Waals surface area contributed by atoms with Crippen molar-refractivity contribution in [3.8, 4) is 5.75 Å². The molecule has 0 atom stereocenters. The molecular formula is C20H31N3O2. The second-order valence-corrected chi connectivity index (χ2v) is 7.11. The number of H-pyrrole nitrogens is 1. The molecule has 1 aromatic heterocycles. The number of fused-ring (bicyclic) bond motifs is 1. The van der Waals surface area contributed by atoms with E-state index in [1.165, 1.54) is 32.1 Å². The van der Waals surface area contributed by atoms with E-state index >= 15 is 0 Å². The first-order chi connectivity index (χ1) is 12.4. The lowest BCUT2D eigenvalue weighted by atomic mass is 9.90. The van der Waals surface area contributed by atoms with Crippen molar-refractivity contribution in [3.05, 3.63) is 24.0 Å². The fourth-order valence-electron chi connectivity index (χ4n) is 3.56. The molecule has 1 aliphatic carbocycles. The summed E-state index contributed by atoms with van der Waals surface area (Å²) >= 11 is 0. The van der Waals surface area contributed by atoms with Crippen LogP contribution in [0.1, 0.15) is 57.2 Å². The Hall–Kier alpha value is -1.59. The van der Waals surface area contributed by atoms with Crippen LogP contribution in [0.3, 0.4) is 0 Å². The van der Waals surface area contributed by atoms with Crippen molar-refractivity contribution in [2.45, 2.75) is 57.9 Å². The summed E-state index contributed by atoms with van der Waals surface area (Å²) in [6.07, 6.45) is 9.67. The summed E-state index contributed by atoms with van der Waals surface area (Å²) in [6.45, 7) is 2.77. The number of benzene rings is 1. The van der Waals surface area contributed by atoms with Gasteiger partial charge in [-0.2, -0.15) is 0 Å². The zero-order valence-electron chi connectivity index (χ0n) is 15.1. The van der Waals surface area contributed by atoms with Crippen molar-refractivity contribution in [1.82, 2.24) is 15.3 Å². The average Bonchev–Trinajstić information content (AvgIpc) is 3.07. The number of ether oxygens (including phenoxy) is 1. The zero-order valence-corrected chi connectivity index (χ0v) is 15.1. The van der Waals surface area contributed by atoms with Crippen LogP contribution in [0.4, 0.5) is 0 Å². The van der Waals surface area contributed by atoms with Gasteiger partial charge in [0.2, 0.25) is 0 Å². The maximum Gasteiger partial charge on any atom is 0.147 e. The minimum atomic E-state index is 0.285. The highest BCUT2D eigenvalue weighted by Gasteiger charge is 2.15. The van der Waals surface area contributed by atoms with E-state index in [2.05, 4.69) is 16.4 Å². The number of hydrogen-bond acceptors (Lipinski definition) is 4. The van der Waals surface area contributed by atoms with Crippen molar-refractivity contribution < 1.29 is 9.84 Å². The van der Waals surface area contributed by atoms with Crippen LogP contribution in [-0.2, 0) is 6.54 Å². The van der Waals surface area contributed by atoms with Gasteiger partial charge in [-0.05, 0) is 56.7 Å². The predicted octanol–water partition coefficient (Wildman–Crippen LogP) is 3.77. The Balaban J connectivity index is 1.52. The number of aromatic amines is 1. The molecule has 2 aromatic rings. The van der Waals surface area contributed by atoms with Gasteiger partial charge in [0.05, 0.1) is 18.7 Å². The number of unbranched alkanes of at least 4 members (excludes halogenated alkanes) is 2. The molecule has 1 fully saturated rings. The first-order valence-corrected chi connectivity index (χ1v) is 9.79. The highest BCUT2D eigenvalue weighted by Crippen LogP contribution is 2.27. The molecule has 1 aliphatic rings. The highest BCUT2D eigenvalue weighted by molar-refractivity contribution is 5.81. The minimum Gasteiger partial charge on any atom is -0.491 e. The molecule has 25 heavy (non-hydrogen) atoms. The van der Waals surface area contributed by atoms with Gasteiger partial charge in [0.15, 0.2) is 0 Å². The highest BCUT2D eigenvalue weighted by atomic mass is 16.5. The molecule has 1 saturated carbocycles. The lowest BCUT2D eigenvalue weighted by Crippen LogP contribution is -2.15. The number of aliphatic hydroxyl groups excluding tert-OH is 1. The van der Waals surface area contributed by atoms with E-state index in [0.717, 1.165) is 61.6 Å². The van der Waals surface area contributed by atoms with E-state index in [0.29, 0.717) is 5.92 Å². The smallest absolute Gasteiger partial charge is 0.147 e. The lowest BCUT2D eigenvalue weighted by Gasteiger charge is -2.21. The molecule has 0 saturated heterocycles. The van der Waals surface area contributed by atoms with E-state index in [1.807, 2.05) is 12.1 Å². The number of hydrogen-bond donors (Lipinski definition) is 3. The zero-order chi connectivity index (χ0) is 17.3.